The quantitative estimate of drug-likeness (QED) is 0.145. The van der Waals surface area contributed by atoms with E-state index in [4.69, 9.17) is 9.57 Å². The number of ether oxygens (including phenoxy) is 1. The van der Waals surface area contributed by atoms with E-state index in [2.05, 4.69) is 80.0 Å². The maximum atomic E-state index is 14.4. The van der Waals surface area contributed by atoms with Crippen molar-refractivity contribution >= 4 is 11.8 Å². The molecule has 2 heterocycles. The van der Waals surface area contributed by atoms with Crippen LogP contribution in [0.5, 0.6) is 0 Å². The summed E-state index contributed by atoms with van der Waals surface area (Å²) >= 11 is 0. The van der Waals surface area contributed by atoms with Crippen LogP contribution in [0.15, 0.2) is 0 Å². The van der Waals surface area contributed by atoms with Crippen molar-refractivity contribution in [2.24, 2.45) is 52.8 Å². The molecule has 6 N–H and O–H groups in total. The SMILES string of the molecule is COC1C(CN2O[C@@H](CO)[C@@H]([C@H](C)O)[C@H]2C(=O)N[C@H]2C[C@H]3C[C@@H]([C@@H]2C)C3(C)C)CCCC1C1CC(C(=O)N[C@@H](CC2CNCN2)CN(C)C)CC(N(C)C)C1. The second-order valence-electron chi connectivity index (χ2n) is 19.8. The molecule has 5 saturated carbocycles. The van der Waals surface area contributed by atoms with Gasteiger partial charge < -0.3 is 46.0 Å². The molecule has 2 bridgehead atoms. The molecule has 0 spiro atoms. The van der Waals surface area contributed by atoms with Gasteiger partial charge in [-0.05, 0) is 121 Å². The molecular weight excluding hydrogens is 699 g/mol. The summed E-state index contributed by atoms with van der Waals surface area (Å²) in [5.41, 5.74) is 0.313. The van der Waals surface area contributed by atoms with Crippen LogP contribution in [0.25, 0.3) is 0 Å². The number of likely N-dealkylation sites (N-methyl/N-ethyl adjacent to an activating group) is 1. The number of amides is 2. The molecule has 0 radical (unpaired) electrons. The van der Waals surface area contributed by atoms with E-state index in [0.29, 0.717) is 47.7 Å². The van der Waals surface area contributed by atoms with Crippen LogP contribution < -0.4 is 21.3 Å². The molecule has 55 heavy (non-hydrogen) atoms. The molecule has 0 aromatic carbocycles. The molecule has 7 fully saturated rings. The predicted molar refractivity (Wildman–Crippen MR) is 214 cm³/mol. The standard InChI is InChI=1S/C42H77N7O6/c1-24-34-16-29(42(34,3)4)17-35(24)46-41(53)38-37(25(2)51)36(22-50)55-49(38)20-26-11-10-12-33(39(26)54-9)27-13-28(15-32(14-27)48(7)8)40(52)45-31(21-47(5)6)18-30-19-43-23-44-30/h24-39,43-44,50-51H,10-23H2,1-9H3,(H,45,52)(H,46,53)/t24-,25-,26?,27?,28?,29+,30?,31-,32?,33?,34-,35-,36-,37+,38-,39?/m0/s1. The van der Waals surface area contributed by atoms with Crippen LogP contribution >= 0.6 is 0 Å². The fraction of sp³-hybridized carbons (Fsp3) is 0.952. The summed E-state index contributed by atoms with van der Waals surface area (Å²) in [7, 11) is 10.2. The fourth-order valence-corrected chi connectivity index (χ4v) is 12.4. The van der Waals surface area contributed by atoms with Crippen LogP contribution in [0.3, 0.4) is 0 Å². The number of hydrogen-bond acceptors (Lipinski definition) is 11. The number of rotatable bonds is 15. The normalized spacial score (nSPS) is 41.5. The Hall–Kier alpha value is -1.42. The Kier molecular flexibility index (Phi) is 14.3. The van der Waals surface area contributed by atoms with Gasteiger partial charge in [0.05, 0.1) is 18.8 Å². The van der Waals surface area contributed by atoms with Gasteiger partial charge in [-0.3, -0.25) is 14.4 Å². The van der Waals surface area contributed by atoms with Crippen molar-refractivity contribution in [2.45, 2.75) is 134 Å². The number of hydrogen-bond donors (Lipinski definition) is 6. The van der Waals surface area contributed by atoms with Gasteiger partial charge in [0.2, 0.25) is 11.8 Å². The van der Waals surface area contributed by atoms with E-state index in [1.165, 1.54) is 6.42 Å². The number of nitrogens with one attached hydrogen (secondary N) is 4. The van der Waals surface area contributed by atoms with E-state index in [-0.39, 0.29) is 54.4 Å². The summed E-state index contributed by atoms with van der Waals surface area (Å²) in [5, 5.41) is 37.1. The molecular formula is C42H77N7O6. The molecule has 13 nitrogen and oxygen atoms in total. The molecule has 7 aliphatic rings. The second kappa shape index (κ2) is 18.2. The molecule has 2 saturated heterocycles. The monoisotopic (exact) mass is 776 g/mol. The Balaban J connectivity index is 1.16. The minimum Gasteiger partial charge on any atom is -0.394 e. The molecule has 0 aromatic heterocycles. The Morgan fingerprint density at radius 2 is 1.84 bits per heavy atom. The number of hydroxylamine groups is 2. The number of aliphatic hydroxyl groups is 2. The summed E-state index contributed by atoms with van der Waals surface area (Å²) in [5.74, 6) is 1.69. The van der Waals surface area contributed by atoms with E-state index in [1.807, 2.05) is 7.11 Å². The highest BCUT2D eigenvalue weighted by atomic mass is 16.7. The Morgan fingerprint density at radius 3 is 2.44 bits per heavy atom. The highest BCUT2D eigenvalue weighted by molar-refractivity contribution is 5.83. The summed E-state index contributed by atoms with van der Waals surface area (Å²) in [6, 6.07) is 0.103. The first-order chi connectivity index (χ1) is 26.1. The summed E-state index contributed by atoms with van der Waals surface area (Å²) in [6.45, 7) is 11.5. The van der Waals surface area contributed by atoms with Gasteiger partial charge in [0, 0.05) is 75.3 Å². The first-order valence-corrected chi connectivity index (χ1v) is 21.7. The van der Waals surface area contributed by atoms with Crippen LogP contribution in [0.1, 0.15) is 85.5 Å². The van der Waals surface area contributed by atoms with E-state index in [0.717, 1.165) is 71.1 Å². The number of aliphatic hydroxyl groups excluding tert-OH is 2. The van der Waals surface area contributed by atoms with Gasteiger partial charge in [0.15, 0.2) is 0 Å². The minimum absolute atomic E-state index is 0.0657. The Bertz CT molecular complexity index is 1280. The number of methoxy groups -OCH3 is 1. The molecule has 7 unspecified atom stereocenters. The first-order valence-electron chi connectivity index (χ1n) is 21.7. The lowest BCUT2D eigenvalue weighted by Crippen LogP contribution is -2.62. The van der Waals surface area contributed by atoms with E-state index >= 15 is 0 Å². The third-order valence-electron chi connectivity index (χ3n) is 15.6. The lowest BCUT2D eigenvalue weighted by molar-refractivity contribution is -0.193. The zero-order chi connectivity index (χ0) is 39.8. The predicted octanol–water partition coefficient (Wildman–Crippen LogP) is 1.88. The first kappa shape index (κ1) is 43.2. The van der Waals surface area contributed by atoms with Crippen molar-refractivity contribution in [1.82, 2.24) is 36.1 Å². The molecule has 2 amide bonds. The lowest BCUT2D eigenvalue weighted by Gasteiger charge is -2.62. The number of carbonyl (C=O) groups excluding carboxylic acids is 2. The highest BCUT2D eigenvalue weighted by Crippen LogP contribution is 2.61. The maximum absolute atomic E-state index is 14.4. The van der Waals surface area contributed by atoms with Crippen LogP contribution in [-0.2, 0) is 19.2 Å². The molecule has 16 atom stereocenters. The van der Waals surface area contributed by atoms with Gasteiger partial charge in [-0.1, -0.05) is 27.2 Å². The van der Waals surface area contributed by atoms with Crippen molar-refractivity contribution in [3.8, 4) is 0 Å². The summed E-state index contributed by atoms with van der Waals surface area (Å²) in [4.78, 5) is 39.4. The van der Waals surface area contributed by atoms with Gasteiger partial charge >= 0.3 is 0 Å². The fourth-order valence-electron chi connectivity index (χ4n) is 12.4. The molecule has 13 heteroatoms. The molecule has 7 rings (SSSR count). The van der Waals surface area contributed by atoms with E-state index < -0.39 is 24.2 Å². The van der Waals surface area contributed by atoms with Gasteiger partial charge in [0.25, 0.3) is 0 Å². The lowest BCUT2D eigenvalue weighted by atomic mass is 9.45. The third-order valence-corrected chi connectivity index (χ3v) is 15.6. The van der Waals surface area contributed by atoms with E-state index in [9.17, 15) is 19.8 Å². The van der Waals surface area contributed by atoms with E-state index in [1.54, 1.807) is 12.0 Å². The van der Waals surface area contributed by atoms with Gasteiger partial charge in [-0.2, -0.15) is 5.06 Å². The summed E-state index contributed by atoms with van der Waals surface area (Å²) < 4.78 is 6.43. The minimum atomic E-state index is -0.831. The van der Waals surface area contributed by atoms with Gasteiger partial charge in [-0.15, -0.1) is 0 Å². The largest absolute Gasteiger partial charge is 0.394 e. The number of nitrogens with zero attached hydrogens (tertiary/aromatic N) is 3. The average Bonchev–Trinajstić information content (AvgIpc) is 3.79. The molecule has 316 valence electrons. The maximum Gasteiger partial charge on any atom is 0.240 e. The molecule has 5 aliphatic carbocycles. The highest BCUT2D eigenvalue weighted by Gasteiger charge is 2.58. The van der Waals surface area contributed by atoms with Crippen molar-refractivity contribution in [3.63, 3.8) is 0 Å². The third kappa shape index (κ3) is 9.41. The summed E-state index contributed by atoms with van der Waals surface area (Å²) in [6.07, 6.45) is 7.26. The number of carbonyl (C=O) groups is 2. The van der Waals surface area contributed by atoms with Gasteiger partial charge in [0.1, 0.15) is 12.1 Å². The zero-order valence-electron chi connectivity index (χ0n) is 35.5. The van der Waals surface area contributed by atoms with Crippen molar-refractivity contribution in [3.05, 3.63) is 0 Å². The average molecular weight is 776 g/mol. The topological polar surface area (TPSA) is 151 Å². The van der Waals surface area contributed by atoms with Crippen LogP contribution in [0.4, 0.5) is 0 Å². The van der Waals surface area contributed by atoms with Crippen molar-refractivity contribution < 1.29 is 29.4 Å². The molecule has 0 aromatic rings. The second-order valence-corrected chi connectivity index (χ2v) is 19.8. The molecule has 2 aliphatic heterocycles. The Morgan fingerprint density at radius 1 is 1.07 bits per heavy atom. The van der Waals surface area contributed by atoms with Crippen LogP contribution in [0.2, 0.25) is 0 Å². The van der Waals surface area contributed by atoms with Crippen molar-refractivity contribution in [1.29, 1.82) is 0 Å². The van der Waals surface area contributed by atoms with Gasteiger partial charge in [-0.25, -0.2) is 0 Å². The zero-order valence-corrected chi connectivity index (χ0v) is 35.5. The number of fused-ring (bicyclic) bond motifs is 2. The van der Waals surface area contributed by atoms with Crippen LogP contribution in [0, 0.1) is 52.8 Å². The Labute approximate surface area is 331 Å². The smallest absolute Gasteiger partial charge is 0.240 e. The van der Waals surface area contributed by atoms with Crippen molar-refractivity contribution in [2.75, 3.05) is 68.2 Å². The van der Waals surface area contributed by atoms with Crippen LogP contribution in [-0.4, -0.2) is 154 Å².